The van der Waals surface area contributed by atoms with Crippen molar-refractivity contribution in [2.24, 2.45) is 5.16 Å². The number of rotatable bonds is 8. The second kappa shape index (κ2) is 15.0. The van der Waals surface area contributed by atoms with Crippen LogP contribution in [-0.4, -0.2) is 23.5 Å². The van der Waals surface area contributed by atoms with Crippen LogP contribution in [0.15, 0.2) is 5.16 Å². The van der Waals surface area contributed by atoms with Crippen LogP contribution in [0, 0.1) is 0 Å². The molecule has 1 aliphatic rings. The summed E-state index contributed by atoms with van der Waals surface area (Å²) >= 11 is 0. The lowest BCUT2D eigenvalue weighted by atomic mass is 9.96. The van der Waals surface area contributed by atoms with Crippen LogP contribution in [0.4, 0.5) is 0 Å². The number of oxime groups is 1. The highest BCUT2D eigenvalue weighted by atomic mass is 16.4. The molecular weight excluding hydrogens is 284 g/mol. The maximum Gasteiger partial charge on any atom is 0.0739 e. The Morgan fingerprint density at radius 3 is 2.17 bits per heavy atom. The fourth-order valence-corrected chi connectivity index (χ4v) is 3.58. The minimum Gasteiger partial charge on any atom is -0.411 e. The van der Waals surface area contributed by atoms with E-state index in [9.17, 15) is 5.21 Å². The second-order valence-corrected chi connectivity index (χ2v) is 7.23. The molecule has 0 unspecified atom stereocenters. The molecule has 1 atom stereocenters. The maximum atomic E-state index is 9.41. The van der Waals surface area contributed by atoms with Crippen molar-refractivity contribution in [2.75, 3.05) is 6.54 Å². The quantitative estimate of drug-likeness (QED) is 0.324. The van der Waals surface area contributed by atoms with Gasteiger partial charge in [-0.3, -0.25) is 0 Å². The monoisotopic (exact) mass is 324 g/mol. The van der Waals surface area contributed by atoms with E-state index in [1.165, 1.54) is 89.9 Å². The fourth-order valence-electron chi connectivity index (χ4n) is 3.58. The second-order valence-electron chi connectivity index (χ2n) is 7.23. The Labute approximate surface area is 144 Å². The minimum atomic E-state index is 0.301. The van der Waals surface area contributed by atoms with Crippen LogP contribution in [0.2, 0.25) is 0 Å². The molecule has 23 heavy (non-hydrogen) atoms. The molecule has 0 aromatic rings. The van der Waals surface area contributed by atoms with Gasteiger partial charge in [0.25, 0.3) is 0 Å². The summed E-state index contributed by atoms with van der Waals surface area (Å²) in [5.74, 6) is 0. The largest absolute Gasteiger partial charge is 0.411 e. The number of nitrogens with one attached hydrogen (secondary N) is 1. The van der Waals surface area contributed by atoms with Crippen LogP contribution in [0.1, 0.15) is 110 Å². The molecular formula is C20H40N2O. The molecule has 1 saturated carbocycles. The first kappa shape index (κ1) is 20.5. The summed E-state index contributed by atoms with van der Waals surface area (Å²) in [6.45, 7) is 3.33. The third kappa shape index (κ3) is 10.8. The molecule has 3 nitrogen and oxygen atoms in total. The first-order chi connectivity index (χ1) is 11.4. The van der Waals surface area contributed by atoms with Crippen LogP contribution in [-0.2, 0) is 0 Å². The molecule has 0 aromatic heterocycles. The van der Waals surface area contributed by atoms with Crippen molar-refractivity contribution in [3.63, 3.8) is 0 Å². The summed E-state index contributed by atoms with van der Waals surface area (Å²) in [6, 6.07) is 0.301. The number of hydrogen-bond donors (Lipinski definition) is 2. The van der Waals surface area contributed by atoms with Gasteiger partial charge in [0.1, 0.15) is 0 Å². The molecule has 0 heterocycles. The molecule has 0 saturated heterocycles. The zero-order chi connectivity index (χ0) is 16.6. The molecule has 1 aliphatic carbocycles. The zero-order valence-corrected chi connectivity index (χ0v) is 15.5. The first-order valence-corrected chi connectivity index (χ1v) is 10.3. The van der Waals surface area contributed by atoms with Gasteiger partial charge >= 0.3 is 0 Å². The van der Waals surface area contributed by atoms with Crippen molar-refractivity contribution in [1.82, 2.24) is 5.32 Å². The van der Waals surface area contributed by atoms with Crippen molar-refractivity contribution in [3.8, 4) is 0 Å². The van der Waals surface area contributed by atoms with E-state index in [2.05, 4.69) is 17.4 Å². The third-order valence-electron chi connectivity index (χ3n) is 5.13. The highest BCUT2D eigenvalue weighted by Crippen LogP contribution is 2.16. The Kier molecular flexibility index (Phi) is 13.3. The van der Waals surface area contributed by atoms with Gasteiger partial charge in [0.2, 0.25) is 0 Å². The number of nitrogens with zero attached hydrogens (tertiary/aromatic N) is 1. The SMILES string of the molecule is CCCCCCCCN[C@H]1CCCCCCCCCC/C1=N/O. The molecule has 0 bridgehead atoms. The van der Waals surface area contributed by atoms with Gasteiger partial charge in [0.05, 0.1) is 5.71 Å². The average Bonchev–Trinajstić information content (AvgIpc) is 2.56. The summed E-state index contributed by atoms with van der Waals surface area (Å²) in [7, 11) is 0. The van der Waals surface area contributed by atoms with Crippen molar-refractivity contribution >= 4 is 5.71 Å². The summed E-state index contributed by atoms with van der Waals surface area (Å²) in [5, 5.41) is 16.7. The third-order valence-corrected chi connectivity index (χ3v) is 5.13. The predicted octanol–water partition coefficient (Wildman–Crippen LogP) is 6.05. The molecule has 2 N–H and O–H groups in total. The summed E-state index contributed by atoms with van der Waals surface area (Å²) in [6.07, 6.45) is 20.6. The van der Waals surface area contributed by atoms with Gasteiger partial charge in [0, 0.05) is 6.04 Å². The molecule has 1 fully saturated rings. The van der Waals surface area contributed by atoms with Crippen LogP contribution < -0.4 is 5.32 Å². The summed E-state index contributed by atoms with van der Waals surface area (Å²) < 4.78 is 0. The Bertz CT molecular complexity index is 291. The molecule has 0 amide bonds. The molecule has 0 radical (unpaired) electrons. The van der Waals surface area contributed by atoms with Gasteiger partial charge in [-0.05, 0) is 32.2 Å². The van der Waals surface area contributed by atoms with Gasteiger partial charge in [0.15, 0.2) is 0 Å². The standard InChI is InChI=1S/C20H40N2O/c1-2-3-4-5-12-15-18-21-19-16-13-10-8-6-7-9-11-14-17-20(19)22-23/h19,21,23H,2-18H2,1H3/b22-20-/t19-/m0/s1. The van der Waals surface area contributed by atoms with Crippen molar-refractivity contribution in [1.29, 1.82) is 0 Å². The van der Waals surface area contributed by atoms with Gasteiger partial charge in [-0.15, -0.1) is 0 Å². The molecule has 0 aliphatic heterocycles. The minimum absolute atomic E-state index is 0.301. The van der Waals surface area contributed by atoms with Crippen molar-refractivity contribution in [3.05, 3.63) is 0 Å². The van der Waals surface area contributed by atoms with E-state index in [1.54, 1.807) is 0 Å². The average molecular weight is 325 g/mol. The highest BCUT2D eigenvalue weighted by Gasteiger charge is 2.16. The normalized spacial score (nSPS) is 23.3. The number of hydrogen-bond acceptors (Lipinski definition) is 3. The van der Waals surface area contributed by atoms with Gasteiger partial charge in [-0.25, -0.2) is 0 Å². The Hall–Kier alpha value is -0.570. The van der Waals surface area contributed by atoms with E-state index in [4.69, 9.17) is 0 Å². The van der Waals surface area contributed by atoms with Crippen LogP contribution in [0.5, 0.6) is 0 Å². The molecule has 0 aromatic carbocycles. The van der Waals surface area contributed by atoms with E-state index >= 15 is 0 Å². The van der Waals surface area contributed by atoms with Gasteiger partial charge in [-0.2, -0.15) is 0 Å². The van der Waals surface area contributed by atoms with E-state index in [0.717, 1.165) is 25.1 Å². The maximum absolute atomic E-state index is 9.41. The Morgan fingerprint density at radius 2 is 1.48 bits per heavy atom. The van der Waals surface area contributed by atoms with E-state index in [-0.39, 0.29) is 0 Å². The highest BCUT2D eigenvalue weighted by molar-refractivity contribution is 5.89. The Balaban J connectivity index is 2.29. The van der Waals surface area contributed by atoms with Crippen LogP contribution >= 0.6 is 0 Å². The van der Waals surface area contributed by atoms with Gasteiger partial charge in [-0.1, -0.05) is 89.1 Å². The lowest BCUT2D eigenvalue weighted by molar-refractivity contribution is 0.312. The van der Waals surface area contributed by atoms with Gasteiger partial charge < -0.3 is 10.5 Å². The summed E-state index contributed by atoms with van der Waals surface area (Å²) in [4.78, 5) is 0. The van der Waals surface area contributed by atoms with Crippen LogP contribution in [0.3, 0.4) is 0 Å². The van der Waals surface area contributed by atoms with E-state index < -0.39 is 0 Å². The Morgan fingerprint density at radius 1 is 0.870 bits per heavy atom. The predicted molar refractivity (Wildman–Crippen MR) is 101 cm³/mol. The molecule has 136 valence electrons. The first-order valence-electron chi connectivity index (χ1n) is 10.3. The van der Waals surface area contributed by atoms with Crippen molar-refractivity contribution < 1.29 is 5.21 Å². The topological polar surface area (TPSA) is 44.6 Å². The van der Waals surface area contributed by atoms with E-state index in [1.807, 2.05) is 0 Å². The zero-order valence-electron chi connectivity index (χ0n) is 15.5. The lowest BCUT2D eigenvalue weighted by Crippen LogP contribution is -2.37. The van der Waals surface area contributed by atoms with Crippen LogP contribution in [0.25, 0.3) is 0 Å². The molecule has 1 rings (SSSR count). The van der Waals surface area contributed by atoms with Crippen molar-refractivity contribution in [2.45, 2.75) is 116 Å². The summed E-state index contributed by atoms with van der Waals surface area (Å²) in [5.41, 5.74) is 0.997. The number of unbranched alkanes of at least 4 members (excludes halogenated alkanes) is 5. The lowest BCUT2D eigenvalue weighted by Gasteiger charge is -2.21. The molecule has 0 spiro atoms. The van der Waals surface area contributed by atoms with E-state index in [0.29, 0.717) is 6.04 Å². The molecule has 3 heteroatoms. The fraction of sp³-hybridized carbons (Fsp3) is 0.950. The smallest absolute Gasteiger partial charge is 0.0739 e.